The molecule has 2 aromatic carbocycles. The van der Waals surface area contributed by atoms with Crippen molar-refractivity contribution in [2.75, 3.05) is 26.4 Å². The molecule has 0 aliphatic rings. The molecule has 0 aliphatic heterocycles. The number of rotatable bonds is 11. The molecule has 0 saturated carbocycles. The second-order valence-electron chi connectivity index (χ2n) is 6.39. The highest BCUT2D eigenvalue weighted by Gasteiger charge is 2.10. The van der Waals surface area contributed by atoms with Crippen LogP contribution in [-0.2, 0) is 6.42 Å². The topological polar surface area (TPSA) is 99.4 Å². The maximum absolute atomic E-state index is 9.48. The van der Waals surface area contributed by atoms with Crippen molar-refractivity contribution in [1.29, 1.82) is 0 Å². The zero-order chi connectivity index (χ0) is 19.6. The molecule has 2 aromatic rings. The minimum Gasteiger partial charge on any atom is -0.491 e. The Balaban J connectivity index is 2.11. The maximum atomic E-state index is 9.48. The molecule has 27 heavy (non-hydrogen) atoms. The van der Waals surface area contributed by atoms with Gasteiger partial charge < -0.3 is 29.9 Å². The summed E-state index contributed by atoms with van der Waals surface area (Å²) in [5.41, 5.74) is 3.10. The third kappa shape index (κ3) is 6.52. The average molecular weight is 376 g/mol. The van der Waals surface area contributed by atoms with Gasteiger partial charge in [-0.3, -0.25) is 0 Å². The molecule has 148 valence electrons. The van der Waals surface area contributed by atoms with Crippen molar-refractivity contribution in [3.8, 4) is 22.6 Å². The van der Waals surface area contributed by atoms with Gasteiger partial charge in [0.2, 0.25) is 0 Å². The molecule has 0 fully saturated rings. The highest BCUT2D eigenvalue weighted by Crippen LogP contribution is 2.29. The van der Waals surface area contributed by atoms with Crippen LogP contribution in [0.4, 0.5) is 0 Å². The monoisotopic (exact) mass is 376 g/mol. The summed E-state index contributed by atoms with van der Waals surface area (Å²) in [6, 6.07) is 13.4. The lowest BCUT2D eigenvalue weighted by Crippen LogP contribution is -2.21. The Morgan fingerprint density at radius 1 is 0.815 bits per heavy atom. The van der Waals surface area contributed by atoms with E-state index in [1.807, 2.05) is 36.4 Å². The number of ether oxygens (including phenoxy) is 2. The molecule has 0 amide bonds. The number of aryl methyl sites for hydroxylation is 1. The molecule has 0 bridgehead atoms. The third-order valence-corrected chi connectivity index (χ3v) is 4.06. The number of aliphatic hydroxyl groups is 4. The fraction of sp³-hybridized carbons (Fsp3) is 0.429. The third-order valence-electron chi connectivity index (χ3n) is 4.06. The first kappa shape index (κ1) is 21.2. The van der Waals surface area contributed by atoms with Gasteiger partial charge in [-0.05, 0) is 47.4 Å². The number of aliphatic hydroxyl groups excluding tert-OH is 4. The Kier molecular flexibility index (Phi) is 8.54. The van der Waals surface area contributed by atoms with E-state index in [2.05, 4.69) is 13.0 Å². The van der Waals surface area contributed by atoms with Crippen LogP contribution in [0.2, 0.25) is 0 Å². The van der Waals surface area contributed by atoms with Gasteiger partial charge in [0.25, 0.3) is 0 Å². The number of hydrogen-bond acceptors (Lipinski definition) is 6. The largest absolute Gasteiger partial charge is 0.491 e. The maximum Gasteiger partial charge on any atom is 0.122 e. The summed E-state index contributed by atoms with van der Waals surface area (Å²) in [5.74, 6) is 1.34. The molecule has 6 heteroatoms. The second-order valence-corrected chi connectivity index (χ2v) is 6.39. The molecule has 0 spiro atoms. The quantitative estimate of drug-likeness (QED) is 0.477. The summed E-state index contributed by atoms with van der Waals surface area (Å²) in [4.78, 5) is 0. The predicted molar refractivity (Wildman–Crippen MR) is 103 cm³/mol. The molecule has 0 aromatic heterocycles. The van der Waals surface area contributed by atoms with Crippen LogP contribution in [0.1, 0.15) is 18.9 Å². The first-order valence-electron chi connectivity index (χ1n) is 9.14. The molecule has 2 rings (SSSR count). The first-order valence-corrected chi connectivity index (χ1v) is 9.14. The molecule has 0 aliphatic carbocycles. The molecule has 0 heterocycles. The van der Waals surface area contributed by atoms with Crippen LogP contribution < -0.4 is 9.47 Å². The Labute approximate surface area is 159 Å². The van der Waals surface area contributed by atoms with E-state index in [0.717, 1.165) is 29.5 Å². The van der Waals surface area contributed by atoms with E-state index in [9.17, 15) is 10.2 Å². The Hall–Kier alpha value is -2.12. The lowest BCUT2D eigenvalue weighted by atomic mass is 10.00. The fourth-order valence-electron chi connectivity index (χ4n) is 2.59. The van der Waals surface area contributed by atoms with Crippen LogP contribution in [0.5, 0.6) is 11.5 Å². The SMILES string of the molecule is CCCc1cc(-c2ccc(OCC(O)CO)cc2)ccc1OCC(O)CO. The summed E-state index contributed by atoms with van der Waals surface area (Å²) in [6.45, 7) is 1.53. The minimum absolute atomic E-state index is 0.0439. The van der Waals surface area contributed by atoms with E-state index < -0.39 is 12.2 Å². The van der Waals surface area contributed by atoms with Crippen LogP contribution in [0.25, 0.3) is 11.1 Å². The standard InChI is InChI=1S/C21H28O6/c1-2-3-17-10-16(6-9-21(17)27-14-19(25)12-23)15-4-7-20(8-5-15)26-13-18(24)11-22/h4-10,18-19,22-25H,2-3,11-14H2,1H3. The molecular weight excluding hydrogens is 348 g/mol. The van der Waals surface area contributed by atoms with Crippen LogP contribution in [0.15, 0.2) is 42.5 Å². The van der Waals surface area contributed by atoms with Crippen molar-refractivity contribution in [2.45, 2.75) is 32.0 Å². The van der Waals surface area contributed by atoms with Gasteiger partial charge in [-0.2, -0.15) is 0 Å². The lowest BCUT2D eigenvalue weighted by molar-refractivity contribution is 0.0533. The van der Waals surface area contributed by atoms with E-state index in [0.29, 0.717) is 11.5 Å². The predicted octanol–water partition coefficient (Wildman–Crippen LogP) is 1.77. The second kappa shape index (κ2) is 10.9. The fourth-order valence-corrected chi connectivity index (χ4v) is 2.59. The van der Waals surface area contributed by atoms with Gasteiger partial charge >= 0.3 is 0 Å². The van der Waals surface area contributed by atoms with Crippen molar-refractivity contribution in [3.63, 3.8) is 0 Å². The van der Waals surface area contributed by atoms with Crippen molar-refractivity contribution < 1.29 is 29.9 Å². The highest BCUT2D eigenvalue weighted by atomic mass is 16.5. The normalized spacial score (nSPS) is 13.2. The molecule has 0 radical (unpaired) electrons. The van der Waals surface area contributed by atoms with E-state index in [-0.39, 0.29) is 26.4 Å². The first-order chi connectivity index (χ1) is 13.1. The van der Waals surface area contributed by atoms with Gasteiger partial charge in [0.05, 0.1) is 13.2 Å². The summed E-state index contributed by atoms with van der Waals surface area (Å²) in [7, 11) is 0. The van der Waals surface area contributed by atoms with E-state index in [1.165, 1.54) is 0 Å². The lowest BCUT2D eigenvalue weighted by Gasteiger charge is -2.15. The molecular formula is C21H28O6. The zero-order valence-electron chi connectivity index (χ0n) is 15.5. The van der Waals surface area contributed by atoms with E-state index in [4.69, 9.17) is 19.7 Å². The Morgan fingerprint density at radius 3 is 2.00 bits per heavy atom. The summed E-state index contributed by atoms with van der Waals surface area (Å²) in [5, 5.41) is 36.5. The van der Waals surface area contributed by atoms with Crippen LogP contribution in [-0.4, -0.2) is 59.1 Å². The molecule has 2 atom stereocenters. The van der Waals surface area contributed by atoms with Crippen LogP contribution in [0, 0.1) is 0 Å². The molecule has 6 nitrogen and oxygen atoms in total. The van der Waals surface area contributed by atoms with Gasteiger partial charge in [0, 0.05) is 0 Å². The smallest absolute Gasteiger partial charge is 0.122 e. The molecule has 2 unspecified atom stereocenters. The zero-order valence-corrected chi connectivity index (χ0v) is 15.5. The Bertz CT molecular complexity index is 686. The number of hydrogen-bond donors (Lipinski definition) is 4. The van der Waals surface area contributed by atoms with Gasteiger partial charge in [-0.25, -0.2) is 0 Å². The summed E-state index contributed by atoms with van der Waals surface area (Å²) >= 11 is 0. The van der Waals surface area contributed by atoms with E-state index >= 15 is 0 Å². The summed E-state index contributed by atoms with van der Waals surface area (Å²) in [6.07, 6.45) is 0.0234. The molecule has 4 N–H and O–H groups in total. The average Bonchev–Trinajstić information content (AvgIpc) is 2.71. The summed E-state index contributed by atoms with van der Waals surface area (Å²) < 4.78 is 11.1. The highest BCUT2D eigenvalue weighted by molar-refractivity contribution is 5.66. The number of benzene rings is 2. The van der Waals surface area contributed by atoms with Crippen LogP contribution >= 0.6 is 0 Å². The van der Waals surface area contributed by atoms with Gasteiger partial charge in [-0.1, -0.05) is 31.5 Å². The van der Waals surface area contributed by atoms with Crippen molar-refractivity contribution in [3.05, 3.63) is 48.0 Å². The van der Waals surface area contributed by atoms with Crippen molar-refractivity contribution in [2.24, 2.45) is 0 Å². The van der Waals surface area contributed by atoms with E-state index in [1.54, 1.807) is 0 Å². The minimum atomic E-state index is -0.893. The molecule has 0 saturated heterocycles. The Morgan fingerprint density at radius 2 is 1.41 bits per heavy atom. The van der Waals surface area contributed by atoms with Gasteiger partial charge in [0.15, 0.2) is 0 Å². The van der Waals surface area contributed by atoms with Gasteiger partial charge in [0.1, 0.15) is 36.9 Å². The van der Waals surface area contributed by atoms with Crippen molar-refractivity contribution >= 4 is 0 Å². The van der Waals surface area contributed by atoms with Crippen LogP contribution in [0.3, 0.4) is 0 Å². The van der Waals surface area contributed by atoms with Gasteiger partial charge in [-0.15, -0.1) is 0 Å². The van der Waals surface area contributed by atoms with Crippen molar-refractivity contribution in [1.82, 2.24) is 0 Å².